The molecule has 1 aromatic rings. The maximum atomic E-state index is 14.0. The number of benzene rings is 1. The molecule has 1 aliphatic carbocycles. The second-order valence-corrected chi connectivity index (χ2v) is 12.4. The molecule has 0 bridgehead atoms. The molecule has 1 heterocycles. The van der Waals surface area contributed by atoms with Crippen LogP contribution in [0.3, 0.4) is 0 Å². The van der Waals surface area contributed by atoms with Gasteiger partial charge in [0.15, 0.2) is 0 Å². The van der Waals surface area contributed by atoms with Crippen LogP contribution in [0.1, 0.15) is 64.4 Å². The second kappa shape index (κ2) is 11.4. The molecule has 1 aromatic carbocycles. The molecule has 2 aliphatic rings. The number of hydrogen-bond acceptors (Lipinski definition) is 3. The van der Waals surface area contributed by atoms with E-state index in [1.165, 1.54) is 12.1 Å². The van der Waals surface area contributed by atoms with Crippen LogP contribution in [0.4, 0.5) is 13.2 Å². The minimum absolute atomic E-state index is 0.0122. The van der Waals surface area contributed by atoms with Gasteiger partial charge >= 0.3 is 6.18 Å². The molecule has 0 aromatic heterocycles. The Balaban J connectivity index is 1.73. The van der Waals surface area contributed by atoms with E-state index in [4.69, 9.17) is 0 Å². The van der Waals surface area contributed by atoms with E-state index in [9.17, 15) is 17.4 Å². The summed E-state index contributed by atoms with van der Waals surface area (Å²) in [6.07, 6.45) is 5.43. The molecule has 8 heteroatoms. The van der Waals surface area contributed by atoms with E-state index in [0.717, 1.165) is 73.3 Å². The Labute approximate surface area is 212 Å². The summed E-state index contributed by atoms with van der Waals surface area (Å²) in [4.78, 5) is 2.13. The van der Waals surface area contributed by atoms with E-state index in [-0.39, 0.29) is 17.0 Å². The lowest BCUT2D eigenvalue weighted by Crippen LogP contribution is -2.42. The topological polar surface area (TPSA) is 23.6 Å². The first-order chi connectivity index (χ1) is 16.4. The standard InChI is InChI=1S/C27H35F3N2OS2/c1-6-9-24(12-7-10-20(2)21(3)19-31-16-17-34-22(31)4)32(25-14-15-25)35(5,33)26-13-8-11-23(18-26)27(28,29)30/h8,11,13,16-19,24-25H,2,4-7,9-10,12,14-15H2,1,3H3/b21-19+. The maximum Gasteiger partial charge on any atom is 0.416 e. The third kappa shape index (κ3) is 7.08. The van der Waals surface area contributed by atoms with Crippen molar-refractivity contribution in [3.05, 3.63) is 77.0 Å². The molecule has 3 rings (SSSR count). The molecule has 2 atom stereocenters. The van der Waals surface area contributed by atoms with Gasteiger partial charge < -0.3 is 4.90 Å². The lowest BCUT2D eigenvalue weighted by molar-refractivity contribution is -0.137. The van der Waals surface area contributed by atoms with E-state index in [1.54, 1.807) is 11.8 Å². The number of hydrogen-bond donors (Lipinski definition) is 0. The number of rotatable bonds is 12. The van der Waals surface area contributed by atoms with Crippen LogP contribution in [0.25, 0.3) is 0 Å². The van der Waals surface area contributed by atoms with Crippen LogP contribution >= 0.6 is 11.8 Å². The molecular weight excluding hydrogens is 489 g/mol. The van der Waals surface area contributed by atoms with Gasteiger partial charge in [0.1, 0.15) is 0 Å². The van der Waals surface area contributed by atoms with Gasteiger partial charge in [0.25, 0.3) is 0 Å². The average molecular weight is 525 g/mol. The van der Waals surface area contributed by atoms with Crippen LogP contribution in [-0.2, 0) is 15.9 Å². The monoisotopic (exact) mass is 524 g/mol. The van der Waals surface area contributed by atoms with Crippen molar-refractivity contribution in [2.45, 2.75) is 81.9 Å². The van der Waals surface area contributed by atoms with Crippen molar-refractivity contribution in [2.75, 3.05) is 0 Å². The third-order valence-electron chi connectivity index (χ3n) is 6.38. The SMILES string of the molecule is C=C(CCCC(CCC)N(C1CC1)S(=C)(=O)c1cccc(C(F)(F)F)c1)/C(C)=C/N1C=CSC1=C. The molecule has 35 heavy (non-hydrogen) atoms. The fourth-order valence-electron chi connectivity index (χ4n) is 4.32. The van der Waals surface area contributed by atoms with Crippen LogP contribution in [0.2, 0.25) is 0 Å². The normalized spacial score (nSPS) is 19.3. The summed E-state index contributed by atoms with van der Waals surface area (Å²) < 4.78 is 55.9. The van der Waals surface area contributed by atoms with Gasteiger partial charge in [-0.15, -0.1) is 0 Å². The van der Waals surface area contributed by atoms with Gasteiger partial charge in [-0.05, 0) is 80.5 Å². The van der Waals surface area contributed by atoms with Crippen molar-refractivity contribution < 1.29 is 17.4 Å². The van der Waals surface area contributed by atoms with Crippen LogP contribution in [0.5, 0.6) is 0 Å². The van der Waals surface area contributed by atoms with Gasteiger partial charge in [-0.1, -0.05) is 49.9 Å². The lowest BCUT2D eigenvalue weighted by Gasteiger charge is -2.35. The Hall–Kier alpha value is -1.90. The highest BCUT2D eigenvalue weighted by atomic mass is 32.2. The molecule has 0 N–H and O–H groups in total. The molecule has 1 aliphatic heterocycles. The van der Waals surface area contributed by atoms with E-state index < -0.39 is 21.4 Å². The quantitative estimate of drug-likeness (QED) is 0.205. The molecule has 1 fully saturated rings. The number of halogens is 3. The average Bonchev–Trinajstić information content (AvgIpc) is 3.54. The van der Waals surface area contributed by atoms with Gasteiger partial charge in [0.05, 0.1) is 20.3 Å². The van der Waals surface area contributed by atoms with E-state index in [1.807, 2.05) is 33.9 Å². The zero-order valence-electron chi connectivity index (χ0n) is 20.5. The Morgan fingerprint density at radius 3 is 2.63 bits per heavy atom. The van der Waals surface area contributed by atoms with Gasteiger partial charge in [-0.2, -0.15) is 13.2 Å². The van der Waals surface area contributed by atoms with Crippen LogP contribution in [-0.4, -0.2) is 31.4 Å². The summed E-state index contributed by atoms with van der Waals surface area (Å²) in [7, 11) is -3.06. The fraction of sp³-hybridized carbons (Fsp3) is 0.444. The first-order valence-corrected chi connectivity index (χ1v) is 14.5. The van der Waals surface area contributed by atoms with Crippen molar-refractivity contribution in [1.29, 1.82) is 0 Å². The highest BCUT2D eigenvalue weighted by Crippen LogP contribution is 2.38. The summed E-state index contributed by atoms with van der Waals surface area (Å²) in [6, 6.07) is 4.94. The van der Waals surface area contributed by atoms with Crippen LogP contribution in [0.15, 0.2) is 76.3 Å². The van der Waals surface area contributed by atoms with Crippen molar-refractivity contribution in [1.82, 2.24) is 9.21 Å². The Morgan fingerprint density at radius 1 is 1.34 bits per heavy atom. The first-order valence-electron chi connectivity index (χ1n) is 11.9. The predicted molar refractivity (Wildman–Crippen MR) is 143 cm³/mol. The van der Waals surface area contributed by atoms with Gasteiger partial charge in [0, 0.05) is 29.4 Å². The molecule has 3 nitrogen and oxygen atoms in total. The second-order valence-electron chi connectivity index (χ2n) is 9.21. The van der Waals surface area contributed by atoms with Crippen molar-refractivity contribution in [3.8, 4) is 0 Å². The van der Waals surface area contributed by atoms with E-state index in [0.29, 0.717) is 0 Å². The van der Waals surface area contributed by atoms with Gasteiger partial charge in [-0.25, -0.2) is 8.51 Å². The molecule has 2 unspecified atom stereocenters. The van der Waals surface area contributed by atoms with Crippen LogP contribution in [0, 0.1) is 0 Å². The van der Waals surface area contributed by atoms with Crippen molar-refractivity contribution in [3.63, 3.8) is 0 Å². The third-order valence-corrected chi connectivity index (χ3v) is 9.39. The molecule has 0 saturated heterocycles. The summed E-state index contributed by atoms with van der Waals surface area (Å²) in [6.45, 7) is 12.4. The molecule has 0 amide bonds. The summed E-state index contributed by atoms with van der Waals surface area (Å²) in [5.41, 5.74) is 1.32. The highest BCUT2D eigenvalue weighted by molar-refractivity contribution is 8.06. The van der Waals surface area contributed by atoms with Crippen molar-refractivity contribution >= 4 is 27.3 Å². The number of thioether (sulfide) groups is 1. The smallest absolute Gasteiger partial charge is 0.318 e. The molecule has 0 spiro atoms. The number of allylic oxidation sites excluding steroid dienone is 2. The minimum atomic E-state index is -4.49. The van der Waals surface area contributed by atoms with E-state index in [2.05, 4.69) is 26.0 Å². The van der Waals surface area contributed by atoms with E-state index >= 15 is 0 Å². The first kappa shape index (κ1) is 27.7. The fourth-order valence-corrected chi connectivity index (χ4v) is 7.13. The highest BCUT2D eigenvalue weighted by Gasteiger charge is 2.40. The summed E-state index contributed by atoms with van der Waals surface area (Å²) in [5.74, 6) is 4.00. The van der Waals surface area contributed by atoms with Gasteiger partial charge in [0.2, 0.25) is 0 Å². The Kier molecular flexibility index (Phi) is 9.05. The Bertz CT molecular complexity index is 1100. The number of alkyl halides is 3. The predicted octanol–water partition coefficient (Wildman–Crippen LogP) is 7.95. The zero-order chi connectivity index (χ0) is 25.8. The molecule has 192 valence electrons. The van der Waals surface area contributed by atoms with Crippen molar-refractivity contribution in [2.24, 2.45) is 0 Å². The summed E-state index contributed by atoms with van der Waals surface area (Å²) >= 11 is 1.58. The molecular formula is C27H35F3N2OS2. The number of nitrogens with zero attached hydrogens (tertiary/aromatic N) is 2. The molecule has 1 saturated carbocycles. The lowest BCUT2D eigenvalue weighted by atomic mass is 9.99. The maximum absolute atomic E-state index is 14.0. The van der Waals surface area contributed by atoms with Gasteiger partial charge in [-0.3, -0.25) is 0 Å². The molecule has 0 radical (unpaired) electrons. The Morgan fingerprint density at radius 2 is 2.06 bits per heavy atom. The zero-order valence-corrected chi connectivity index (χ0v) is 22.2. The largest absolute Gasteiger partial charge is 0.416 e. The summed E-state index contributed by atoms with van der Waals surface area (Å²) in [5, 5.41) is 2.93. The minimum Gasteiger partial charge on any atom is -0.318 e. The van der Waals surface area contributed by atoms with Crippen LogP contribution < -0.4 is 0 Å².